The predicted octanol–water partition coefficient (Wildman–Crippen LogP) is 1.69. The smallest absolute Gasteiger partial charge is 0.303 e. The Labute approximate surface area is 88.0 Å². The quantitative estimate of drug-likeness (QED) is 0.746. The summed E-state index contributed by atoms with van der Waals surface area (Å²) in [7, 11) is 0. The first-order chi connectivity index (χ1) is 7.15. The zero-order valence-corrected chi connectivity index (χ0v) is 8.56. The molecule has 1 aromatic heterocycles. The van der Waals surface area contributed by atoms with Crippen LogP contribution in [0.3, 0.4) is 0 Å². The van der Waals surface area contributed by atoms with Gasteiger partial charge in [0, 0.05) is 24.4 Å². The van der Waals surface area contributed by atoms with E-state index in [1.54, 1.807) is 18.5 Å². The largest absolute Gasteiger partial charge is 0.481 e. The number of Topliss-reactive ketones (excluding diaryl/α,β-unsaturated/α-hetero) is 1. The highest BCUT2D eigenvalue weighted by Crippen LogP contribution is 2.11. The van der Waals surface area contributed by atoms with E-state index in [-0.39, 0.29) is 18.6 Å². The maximum atomic E-state index is 11.6. The van der Waals surface area contributed by atoms with Crippen molar-refractivity contribution in [1.29, 1.82) is 0 Å². The number of aliphatic carboxylic acids is 1. The number of carboxylic acid groups (broad SMARTS) is 1. The van der Waals surface area contributed by atoms with Gasteiger partial charge in [0.1, 0.15) is 0 Å². The lowest BCUT2D eigenvalue weighted by Crippen LogP contribution is -2.06. The SMILES string of the molecule is CCc1cnccc1C(=O)CCC(=O)O. The highest BCUT2D eigenvalue weighted by atomic mass is 16.4. The van der Waals surface area contributed by atoms with Crippen LogP contribution in [-0.4, -0.2) is 21.8 Å². The van der Waals surface area contributed by atoms with Crippen molar-refractivity contribution in [1.82, 2.24) is 4.98 Å². The summed E-state index contributed by atoms with van der Waals surface area (Å²) < 4.78 is 0. The van der Waals surface area contributed by atoms with E-state index in [0.29, 0.717) is 5.56 Å². The molecule has 80 valence electrons. The van der Waals surface area contributed by atoms with Gasteiger partial charge >= 0.3 is 5.97 Å². The summed E-state index contributed by atoms with van der Waals surface area (Å²) in [5.74, 6) is -1.08. The van der Waals surface area contributed by atoms with Crippen molar-refractivity contribution in [2.75, 3.05) is 0 Å². The first-order valence-electron chi connectivity index (χ1n) is 4.83. The number of carbonyl (C=O) groups is 2. The molecule has 0 unspecified atom stereocenters. The minimum Gasteiger partial charge on any atom is -0.481 e. The second-order valence-corrected chi connectivity index (χ2v) is 3.20. The Kier molecular flexibility index (Phi) is 3.97. The van der Waals surface area contributed by atoms with Crippen molar-refractivity contribution in [3.8, 4) is 0 Å². The molecule has 4 heteroatoms. The van der Waals surface area contributed by atoms with Crippen molar-refractivity contribution in [3.63, 3.8) is 0 Å². The van der Waals surface area contributed by atoms with Gasteiger partial charge in [-0.2, -0.15) is 0 Å². The van der Waals surface area contributed by atoms with E-state index < -0.39 is 5.97 Å². The molecule has 0 saturated carbocycles. The van der Waals surface area contributed by atoms with Crippen LogP contribution in [0.2, 0.25) is 0 Å². The van der Waals surface area contributed by atoms with Gasteiger partial charge < -0.3 is 5.11 Å². The minimum atomic E-state index is -0.949. The molecule has 0 saturated heterocycles. The van der Waals surface area contributed by atoms with Crippen molar-refractivity contribution in [2.45, 2.75) is 26.2 Å². The second kappa shape index (κ2) is 5.24. The van der Waals surface area contributed by atoms with Crippen LogP contribution >= 0.6 is 0 Å². The Morgan fingerprint density at radius 3 is 2.73 bits per heavy atom. The topological polar surface area (TPSA) is 67.3 Å². The molecule has 0 spiro atoms. The minimum absolute atomic E-state index is 0.0480. The number of rotatable bonds is 5. The van der Waals surface area contributed by atoms with Crippen molar-refractivity contribution in [3.05, 3.63) is 29.6 Å². The average molecular weight is 207 g/mol. The number of hydrogen-bond donors (Lipinski definition) is 1. The molecule has 0 radical (unpaired) electrons. The number of hydrogen-bond acceptors (Lipinski definition) is 3. The number of aryl methyl sites for hydroxylation is 1. The van der Waals surface area contributed by atoms with E-state index in [4.69, 9.17) is 5.11 Å². The monoisotopic (exact) mass is 207 g/mol. The molecule has 0 aliphatic rings. The fourth-order valence-electron chi connectivity index (χ4n) is 1.34. The summed E-state index contributed by atoms with van der Waals surface area (Å²) in [6.07, 6.45) is 3.85. The lowest BCUT2D eigenvalue weighted by molar-refractivity contribution is -0.136. The van der Waals surface area contributed by atoms with Crippen LogP contribution in [0.1, 0.15) is 35.7 Å². The van der Waals surface area contributed by atoms with E-state index in [9.17, 15) is 9.59 Å². The molecule has 1 N–H and O–H groups in total. The predicted molar refractivity (Wildman–Crippen MR) is 54.8 cm³/mol. The van der Waals surface area contributed by atoms with E-state index in [1.807, 2.05) is 6.92 Å². The average Bonchev–Trinajstić information content (AvgIpc) is 2.25. The standard InChI is InChI=1S/C11H13NO3/c1-2-8-7-12-6-5-9(8)10(13)3-4-11(14)15/h5-7H,2-4H2,1H3,(H,14,15). The normalized spacial score (nSPS) is 9.93. The number of nitrogens with zero attached hydrogens (tertiary/aromatic N) is 1. The van der Waals surface area contributed by atoms with Crippen LogP contribution in [0.15, 0.2) is 18.5 Å². The third kappa shape index (κ3) is 3.16. The third-order valence-electron chi connectivity index (χ3n) is 2.15. The lowest BCUT2D eigenvalue weighted by atomic mass is 10.0. The number of aromatic nitrogens is 1. The van der Waals surface area contributed by atoms with Gasteiger partial charge in [0.25, 0.3) is 0 Å². The van der Waals surface area contributed by atoms with Gasteiger partial charge in [-0.1, -0.05) is 6.92 Å². The summed E-state index contributed by atoms with van der Waals surface area (Å²) in [5.41, 5.74) is 1.46. The molecule has 4 nitrogen and oxygen atoms in total. The van der Waals surface area contributed by atoms with Crippen LogP contribution in [0.5, 0.6) is 0 Å². The molecule has 15 heavy (non-hydrogen) atoms. The maximum Gasteiger partial charge on any atom is 0.303 e. The fourth-order valence-corrected chi connectivity index (χ4v) is 1.34. The molecule has 1 heterocycles. The van der Waals surface area contributed by atoms with E-state index in [1.165, 1.54) is 0 Å². The van der Waals surface area contributed by atoms with Gasteiger partial charge in [-0.05, 0) is 18.1 Å². The van der Waals surface area contributed by atoms with Gasteiger partial charge in [-0.3, -0.25) is 14.6 Å². The first kappa shape index (κ1) is 11.4. The van der Waals surface area contributed by atoms with Crippen molar-refractivity contribution >= 4 is 11.8 Å². The summed E-state index contributed by atoms with van der Waals surface area (Å²) in [5, 5.41) is 8.47. The third-order valence-corrected chi connectivity index (χ3v) is 2.15. The molecule has 0 aliphatic carbocycles. The molecule has 0 fully saturated rings. The summed E-state index contributed by atoms with van der Waals surface area (Å²) in [6, 6.07) is 1.64. The second-order valence-electron chi connectivity index (χ2n) is 3.20. The molecule has 0 amide bonds. The van der Waals surface area contributed by atoms with E-state index >= 15 is 0 Å². The van der Waals surface area contributed by atoms with Gasteiger partial charge in [0.05, 0.1) is 6.42 Å². The molecule has 0 aliphatic heterocycles. The fraction of sp³-hybridized carbons (Fsp3) is 0.364. The van der Waals surface area contributed by atoms with Crippen molar-refractivity contribution in [2.24, 2.45) is 0 Å². The Balaban J connectivity index is 2.77. The molecule has 0 atom stereocenters. The number of carboxylic acids is 1. The Morgan fingerprint density at radius 2 is 2.13 bits per heavy atom. The Morgan fingerprint density at radius 1 is 1.40 bits per heavy atom. The highest BCUT2D eigenvalue weighted by Gasteiger charge is 2.11. The van der Waals surface area contributed by atoms with Crippen LogP contribution in [0.25, 0.3) is 0 Å². The molecule has 0 aromatic carbocycles. The van der Waals surface area contributed by atoms with Crippen LogP contribution in [0, 0.1) is 0 Å². The molecular weight excluding hydrogens is 194 g/mol. The van der Waals surface area contributed by atoms with Gasteiger partial charge in [-0.15, -0.1) is 0 Å². The molecule has 0 bridgehead atoms. The summed E-state index contributed by atoms with van der Waals surface area (Å²) in [4.78, 5) is 25.9. The van der Waals surface area contributed by atoms with Gasteiger partial charge in [0.2, 0.25) is 0 Å². The van der Waals surface area contributed by atoms with E-state index in [2.05, 4.69) is 4.98 Å². The Hall–Kier alpha value is -1.71. The van der Waals surface area contributed by atoms with Crippen molar-refractivity contribution < 1.29 is 14.7 Å². The number of carbonyl (C=O) groups excluding carboxylic acids is 1. The zero-order chi connectivity index (χ0) is 11.3. The maximum absolute atomic E-state index is 11.6. The summed E-state index contributed by atoms with van der Waals surface area (Å²) >= 11 is 0. The summed E-state index contributed by atoms with van der Waals surface area (Å²) in [6.45, 7) is 1.94. The molecule has 1 rings (SSSR count). The lowest BCUT2D eigenvalue weighted by Gasteiger charge is -2.04. The highest BCUT2D eigenvalue weighted by molar-refractivity contribution is 5.98. The van der Waals surface area contributed by atoms with Gasteiger partial charge in [0.15, 0.2) is 5.78 Å². The molecule has 1 aromatic rings. The molecular formula is C11H13NO3. The van der Waals surface area contributed by atoms with Gasteiger partial charge in [-0.25, -0.2) is 0 Å². The van der Waals surface area contributed by atoms with Crippen LogP contribution in [-0.2, 0) is 11.2 Å². The van der Waals surface area contributed by atoms with Crippen LogP contribution < -0.4 is 0 Å². The first-order valence-corrected chi connectivity index (χ1v) is 4.83. The Bertz CT molecular complexity index is 374. The zero-order valence-electron chi connectivity index (χ0n) is 8.56. The number of ketones is 1. The number of pyridine rings is 1. The van der Waals surface area contributed by atoms with E-state index in [0.717, 1.165) is 12.0 Å². The van der Waals surface area contributed by atoms with Crippen LogP contribution in [0.4, 0.5) is 0 Å².